The highest BCUT2D eigenvalue weighted by Crippen LogP contribution is 2.28. The zero-order valence-corrected chi connectivity index (χ0v) is 5.07. The van der Waals surface area contributed by atoms with Crippen LogP contribution < -0.4 is 0 Å². The van der Waals surface area contributed by atoms with Gasteiger partial charge in [-0.3, -0.25) is 10.1 Å². The van der Waals surface area contributed by atoms with Crippen LogP contribution in [0.5, 0.6) is 0 Å². The van der Waals surface area contributed by atoms with E-state index in [0.29, 0.717) is 6.54 Å². The van der Waals surface area contributed by atoms with Gasteiger partial charge in [0.05, 0.1) is 6.54 Å². The van der Waals surface area contributed by atoms with Gasteiger partial charge in [0.2, 0.25) is 0 Å². The Morgan fingerprint density at radius 1 is 2.00 bits per heavy atom. The minimum absolute atomic E-state index is 0.358. The molecule has 0 spiro atoms. The maximum atomic E-state index is 10.1. The van der Waals surface area contributed by atoms with Crippen molar-refractivity contribution in [3.63, 3.8) is 0 Å². The van der Waals surface area contributed by atoms with Gasteiger partial charge in [-0.1, -0.05) is 0 Å². The lowest BCUT2D eigenvalue weighted by molar-refractivity contribution is -0.552. The van der Waals surface area contributed by atoms with E-state index in [1.54, 1.807) is 7.05 Å². The lowest BCUT2D eigenvalue weighted by Crippen LogP contribution is -2.31. The standard InChI is InChI=1S/C4H8N2O3/c1-5-2-4(5,3-7)6(8)9/h7H,2-3H2,1H3. The van der Waals surface area contributed by atoms with Crippen LogP contribution >= 0.6 is 0 Å². The van der Waals surface area contributed by atoms with Gasteiger partial charge in [0.25, 0.3) is 0 Å². The van der Waals surface area contributed by atoms with Crippen molar-refractivity contribution in [3.8, 4) is 0 Å². The molecule has 1 heterocycles. The van der Waals surface area contributed by atoms with Gasteiger partial charge < -0.3 is 5.11 Å². The normalized spacial score (nSPS) is 40.4. The minimum atomic E-state index is -1.14. The Hall–Kier alpha value is -0.680. The lowest BCUT2D eigenvalue weighted by atomic mass is 10.4. The highest BCUT2D eigenvalue weighted by Gasteiger charge is 2.61. The molecule has 1 aliphatic heterocycles. The molecule has 0 aromatic carbocycles. The number of aliphatic hydroxyl groups excluding tert-OH is 1. The predicted octanol–water partition coefficient (Wildman–Crippen LogP) is -1.10. The molecule has 1 saturated heterocycles. The third kappa shape index (κ3) is 0.691. The summed E-state index contributed by atoms with van der Waals surface area (Å²) in [5.41, 5.74) is -1.14. The molecule has 2 unspecified atom stereocenters. The summed E-state index contributed by atoms with van der Waals surface area (Å²) in [5, 5.41) is 18.6. The fourth-order valence-electron chi connectivity index (χ4n) is 0.770. The number of nitro groups is 1. The molecule has 1 rings (SSSR count). The summed E-state index contributed by atoms with van der Waals surface area (Å²) in [6.07, 6.45) is 0. The summed E-state index contributed by atoms with van der Waals surface area (Å²) >= 11 is 0. The van der Waals surface area contributed by atoms with Gasteiger partial charge in [0, 0.05) is 4.92 Å². The van der Waals surface area contributed by atoms with Crippen molar-refractivity contribution in [1.29, 1.82) is 0 Å². The minimum Gasteiger partial charge on any atom is -0.387 e. The first kappa shape index (κ1) is 6.44. The molecular formula is C4H8N2O3. The van der Waals surface area contributed by atoms with Crippen molar-refractivity contribution in [3.05, 3.63) is 10.1 Å². The van der Waals surface area contributed by atoms with Crippen LogP contribution in [-0.4, -0.2) is 40.8 Å². The van der Waals surface area contributed by atoms with E-state index in [0.717, 1.165) is 0 Å². The average Bonchev–Trinajstić information content (AvgIpc) is 2.43. The van der Waals surface area contributed by atoms with E-state index in [4.69, 9.17) is 5.11 Å². The third-order valence-electron chi connectivity index (χ3n) is 1.69. The van der Waals surface area contributed by atoms with Crippen molar-refractivity contribution in [1.82, 2.24) is 4.90 Å². The van der Waals surface area contributed by atoms with Gasteiger partial charge in [-0.05, 0) is 7.05 Å². The molecule has 0 radical (unpaired) electrons. The van der Waals surface area contributed by atoms with Gasteiger partial charge in [0.1, 0.15) is 6.61 Å². The molecule has 2 atom stereocenters. The van der Waals surface area contributed by atoms with Crippen LogP contribution in [-0.2, 0) is 0 Å². The first-order chi connectivity index (χ1) is 4.13. The molecule has 0 bridgehead atoms. The van der Waals surface area contributed by atoms with E-state index in [2.05, 4.69) is 0 Å². The Kier molecular flexibility index (Phi) is 1.18. The van der Waals surface area contributed by atoms with Gasteiger partial charge in [-0.25, -0.2) is 4.90 Å². The van der Waals surface area contributed by atoms with Gasteiger partial charge in [-0.15, -0.1) is 0 Å². The number of hydrogen-bond donors (Lipinski definition) is 1. The molecule has 0 aliphatic carbocycles. The maximum absolute atomic E-state index is 10.1. The molecular weight excluding hydrogens is 124 g/mol. The smallest absolute Gasteiger partial charge is 0.313 e. The zero-order valence-electron chi connectivity index (χ0n) is 5.07. The van der Waals surface area contributed by atoms with Crippen LogP contribution in [0.1, 0.15) is 0 Å². The fraction of sp³-hybridized carbons (Fsp3) is 1.00. The summed E-state index contributed by atoms with van der Waals surface area (Å²) in [6, 6.07) is 0. The summed E-state index contributed by atoms with van der Waals surface area (Å²) < 4.78 is 0. The van der Waals surface area contributed by atoms with Crippen LogP contribution in [0.25, 0.3) is 0 Å². The number of aliphatic hydroxyl groups is 1. The van der Waals surface area contributed by atoms with E-state index in [-0.39, 0.29) is 0 Å². The number of nitrogens with zero attached hydrogens (tertiary/aromatic N) is 2. The summed E-state index contributed by atoms with van der Waals surface area (Å²) in [7, 11) is 1.61. The largest absolute Gasteiger partial charge is 0.387 e. The second-order valence-corrected chi connectivity index (χ2v) is 2.25. The maximum Gasteiger partial charge on any atom is 0.313 e. The fourth-order valence-corrected chi connectivity index (χ4v) is 0.770. The molecule has 0 aromatic rings. The molecule has 52 valence electrons. The lowest BCUT2D eigenvalue weighted by Gasteiger charge is -2.00. The van der Waals surface area contributed by atoms with Crippen molar-refractivity contribution >= 4 is 0 Å². The summed E-state index contributed by atoms with van der Waals surface area (Å²) in [5.74, 6) is 0. The predicted molar refractivity (Wildman–Crippen MR) is 29.4 cm³/mol. The summed E-state index contributed by atoms with van der Waals surface area (Å²) in [6.45, 7) is -0.0347. The van der Waals surface area contributed by atoms with E-state index >= 15 is 0 Å². The first-order valence-electron chi connectivity index (χ1n) is 2.60. The number of rotatable bonds is 2. The van der Waals surface area contributed by atoms with Crippen molar-refractivity contribution < 1.29 is 10.0 Å². The van der Waals surface area contributed by atoms with E-state index in [1.807, 2.05) is 0 Å². The quantitative estimate of drug-likeness (QED) is 0.294. The Morgan fingerprint density at radius 3 is 2.44 bits per heavy atom. The third-order valence-corrected chi connectivity index (χ3v) is 1.69. The molecule has 0 saturated carbocycles. The Balaban J connectivity index is 2.62. The molecule has 1 fully saturated rings. The highest BCUT2D eigenvalue weighted by atomic mass is 16.6. The van der Waals surface area contributed by atoms with Crippen molar-refractivity contribution in [2.45, 2.75) is 5.66 Å². The summed E-state index contributed by atoms with van der Waals surface area (Å²) in [4.78, 5) is 11.2. The second-order valence-electron chi connectivity index (χ2n) is 2.25. The molecule has 0 amide bonds. The van der Waals surface area contributed by atoms with Crippen LogP contribution in [0.2, 0.25) is 0 Å². The molecule has 1 N–H and O–H groups in total. The Morgan fingerprint density at radius 2 is 2.44 bits per heavy atom. The van der Waals surface area contributed by atoms with E-state index in [1.165, 1.54) is 4.90 Å². The Labute approximate surface area is 52.0 Å². The second kappa shape index (κ2) is 1.65. The molecule has 0 aromatic heterocycles. The van der Waals surface area contributed by atoms with Gasteiger partial charge >= 0.3 is 5.66 Å². The molecule has 1 aliphatic rings. The monoisotopic (exact) mass is 132 g/mol. The van der Waals surface area contributed by atoms with E-state index < -0.39 is 17.2 Å². The van der Waals surface area contributed by atoms with Crippen LogP contribution in [0.3, 0.4) is 0 Å². The van der Waals surface area contributed by atoms with Gasteiger partial charge in [-0.2, -0.15) is 0 Å². The SMILES string of the molecule is CN1CC1(CO)[N+](=O)[O-]. The van der Waals surface area contributed by atoms with Crippen molar-refractivity contribution in [2.24, 2.45) is 0 Å². The highest BCUT2D eigenvalue weighted by molar-refractivity contribution is 4.94. The molecule has 5 nitrogen and oxygen atoms in total. The number of hydrogen-bond acceptors (Lipinski definition) is 4. The van der Waals surface area contributed by atoms with E-state index in [9.17, 15) is 10.1 Å². The average molecular weight is 132 g/mol. The van der Waals surface area contributed by atoms with Crippen LogP contribution in [0, 0.1) is 10.1 Å². The zero-order chi connectivity index (χ0) is 7.07. The van der Waals surface area contributed by atoms with Crippen LogP contribution in [0.4, 0.5) is 0 Å². The topological polar surface area (TPSA) is 66.4 Å². The first-order valence-corrected chi connectivity index (χ1v) is 2.60. The van der Waals surface area contributed by atoms with Crippen molar-refractivity contribution in [2.75, 3.05) is 20.2 Å². The molecule has 5 heteroatoms. The van der Waals surface area contributed by atoms with Crippen LogP contribution in [0.15, 0.2) is 0 Å². The van der Waals surface area contributed by atoms with Gasteiger partial charge in [0.15, 0.2) is 0 Å². The number of likely N-dealkylation sites (N-methyl/N-ethyl adjacent to an activating group) is 1. The molecule has 9 heavy (non-hydrogen) atoms. The Bertz CT molecular complexity index is 145.